The van der Waals surface area contributed by atoms with Gasteiger partial charge in [0, 0.05) is 6.54 Å². The Morgan fingerprint density at radius 3 is 1.83 bits per heavy atom. The normalized spacial score (nSPS) is 16.2. The first-order chi connectivity index (χ1) is 8.44. The fourth-order valence-electron chi connectivity index (χ4n) is 1.58. The Kier molecular flexibility index (Phi) is 10.0. The number of hydrogen-bond acceptors (Lipinski definition) is 1. The molecule has 0 aliphatic heterocycles. The summed E-state index contributed by atoms with van der Waals surface area (Å²) < 4.78 is 37.7. The lowest BCUT2D eigenvalue weighted by Crippen LogP contribution is -2.55. The molecule has 0 atom stereocenters. The van der Waals surface area contributed by atoms with Crippen LogP contribution in [0.3, 0.4) is 0 Å². The summed E-state index contributed by atoms with van der Waals surface area (Å²) >= 11 is 0. The standard InChI is InChI=1S/C9H14F3NO.2C2H6/c1-2-6-13-7(14)8(4-3-5-8)9(10,11)12;2*1-2/h2-6H2,1H3,(H,13,14);2*1-2H3. The van der Waals surface area contributed by atoms with Crippen molar-refractivity contribution in [1.29, 1.82) is 0 Å². The Balaban J connectivity index is 0. The Morgan fingerprint density at radius 1 is 1.17 bits per heavy atom. The Bertz CT molecular complexity index is 223. The first-order valence-electron chi connectivity index (χ1n) is 6.79. The van der Waals surface area contributed by atoms with E-state index in [-0.39, 0.29) is 12.8 Å². The van der Waals surface area contributed by atoms with Gasteiger partial charge in [0.15, 0.2) is 0 Å². The van der Waals surface area contributed by atoms with Crippen molar-refractivity contribution in [3.8, 4) is 0 Å². The smallest absolute Gasteiger partial charge is 0.355 e. The molecule has 1 fully saturated rings. The highest BCUT2D eigenvalue weighted by Crippen LogP contribution is 2.53. The molecule has 110 valence electrons. The monoisotopic (exact) mass is 269 g/mol. The molecule has 2 nitrogen and oxygen atoms in total. The van der Waals surface area contributed by atoms with Gasteiger partial charge in [-0.05, 0) is 19.3 Å². The number of carbonyl (C=O) groups excluding carboxylic acids is 1. The largest absolute Gasteiger partial charge is 0.403 e. The van der Waals surface area contributed by atoms with Crippen molar-refractivity contribution in [2.45, 2.75) is 66.5 Å². The second kappa shape index (κ2) is 9.22. The molecule has 18 heavy (non-hydrogen) atoms. The average Bonchev–Trinajstić information content (AvgIpc) is 2.28. The molecule has 0 aromatic carbocycles. The molecule has 0 saturated heterocycles. The maximum Gasteiger partial charge on any atom is 0.403 e. The van der Waals surface area contributed by atoms with E-state index in [2.05, 4.69) is 5.32 Å². The van der Waals surface area contributed by atoms with Gasteiger partial charge in [-0.3, -0.25) is 4.79 Å². The maximum atomic E-state index is 12.6. The van der Waals surface area contributed by atoms with E-state index >= 15 is 0 Å². The van der Waals surface area contributed by atoms with Gasteiger partial charge in [-0.1, -0.05) is 41.0 Å². The lowest BCUT2D eigenvalue weighted by Gasteiger charge is -2.41. The number of amides is 1. The third kappa shape index (κ3) is 4.50. The zero-order valence-corrected chi connectivity index (χ0v) is 12.1. The molecule has 1 N–H and O–H groups in total. The van der Waals surface area contributed by atoms with Crippen LogP contribution in [0.2, 0.25) is 0 Å². The molecule has 1 aliphatic carbocycles. The second-order valence-corrected chi connectivity index (χ2v) is 3.69. The number of nitrogens with one attached hydrogen (secondary N) is 1. The molecule has 1 rings (SSSR count). The molecule has 0 heterocycles. The molecule has 0 bridgehead atoms. The average molecular weight is 269 g/mol. The van der Waals surface area contributed by atoms with Gasteiger partial charge in [-0.25, -0.2) is 0 Å². The quantitative estimate of drug-likeness (QED) is 0.813. The van der Waals surface area contributed by atoms with Crippen LogP contribution in [0.1, 0.15) is 60.3 Å². The summed E-state index contributed by atoms with van der Waals surface area (Å²) in [5.41, 5.74) is -2.08. The van der Waals surface area contributed by atoms with Gasteiger partial charge < -0.3 is 5.32 Å². The van der Waals surface area contributed by atoms with Gasteiger partial charge in [0.05, 0.1) is 0 Å². The van der Waals surface area contributed by atoms with Gasteiger partial charge in [0.2, 0.25) is 5.91 Å². The molecular weight excluding hydrogens is 243 g/mol. The van der Waals surface area contributed by atoms with Crippen molar-refractivity contribution < 1.29 is 18.0 Å². The Hall–Kier alpha value is -0.740. The summed E-state index contributed by atoms with van der Waals surface area (Å²) in [6, 6.07) is 0. The number of halogens is 3. The number of rotatable bonds is 3. The molecule has 0 aromatic heterocycles. The summed E-state index contributed by atoms with van der Waals surface area (Å²) in [5, 5.41) is 2.32. The fraction of sp³-hybridized carbons (Fsp3) is 0.923. The second-order valence-electron chi connectivity index (χ2n) is 3.69. The minimum absolute atomic E-state index is 0.0634. The summed E-state index contributed by atoms with van der Waals surface area (Å²) in [5.74, 6) is -0.849. The lowest BCUT2D eigenvalue weighted by atomic mass is 9.67. The van der Waals surface area contributed by atoms with Crippen molar-refractivity contribution in [1.82, 2.24) is 5.32 Å². The van der Waals surface area contributed by atoms with E-state index in [4.69, 9.17) is 0 Å². The maximum absolute atomic E-state index is 12.6. The third-order valence-electron chi connectivity index (χ3n) is 2.72. The zero-order valence-electron chi connectivity index (χ0n) is 12.1. The van der Waals surface area contributed by atoms with E-state index in [0.717, 1.165) is 0 Å². The molecule has 0 radical (unpaired) electrons. The van der Waals surface area contributed by atoms with Crippen LogP contribution < -0.4 is 5.32 Å². The highest BCUT2D eigenvalue weighted by molar-refractivity contribution is 5.84. The van der Waals surface area contributed by atoms with Crippen LogP contribution in [0.5, 0.6) is 0 Å². The molecular formula is C13H26F3NO. The molecule has 0 spiro atoms. The summed E-state index contributed by atoms with van der Waals surface area (Å²) in [6.07, 6.45) is -3.39. The molecule has 0 aromatic rings. The molecule has 1 amide bonds. The molecule has 0 unspecified atom stereocenters. The summed E-state index contributed by atoms with van der Waals surface area (Å²) in [6.45, 7) is 10.1. The topological polar surface area (TPSA) is 29.1 Å². The fourth-order valence-corrected chi connectivity index (χ4v) is 1.58. The van der Waals surface area contributed by atoms with Gasteiger partial charge in [0.1, 0.15) is 5.41 Å². The summed E-state index contributed by atoms with van der Waals surface area (Å²) in [4.78, 5) is 11.3. The van der Waals surface area contributed by atoms with Gasteiger partial charge >= 0.3 is 6.18 Å². The van der Waals surface area contributed by atoms with Crippen molar-refractivity contribution in [3.05, 3.63) is 0 Å². The van der Waals surface area contributed by atoms with Crippen molar-refractivity contribution in [2.24, 2.45) is 5.41 Å². The van der Waals surface area contributed by atoms with Gasteiger partial charge in [-0.15, -0.1) is 0 Å². The number of hydrogen-bond donors (Lipinski definition) is 1. The van der Waals surface area contributed by atoms with Crippen LogP contribution in [-0.4, -0.2) is 18.6 Å². The predicted molar refractivity (Wildman–Crippen MR) is 68.3 cm³/mol. The Morgan fingerprint density at radius 2 is 1.61 bits per heavy atom. The highest BCUT2D eigenvalue weighted by Gasteiger charge is 2.63. The minimum atomic E-state index is -4.40. The molecule has 1 aliphatic rings. The summed E-state index contributed by atoms with van der Waals surface area (Å²) in [7, 11) is 0. The number of alkyl halides is 3. The zero-order chi connectivity index (χ0) is 14.8. The third-order valence-corrected chi connectivity index (χ3v) is 2.72. The van der Waals surface area contributed by atoms with E-state index < -0.39 is 17.5 Å². The van der Waals surface area contributed by atoms with Crippen LogP contribution in [-0.2, 0) is 4.79 Å². The van der Waals surface area contributed by atoms with Crippen molar-refractivity contribution >= 4 is 5.91 Å². The molecule has 1 saturated carbocycles. The highest BCUT2D eigenvalue weighted by atomic mass is 19.4. The van der Waals surface area contributed by atoms with E-state index in [1.54, 1.807) is 6.92 Å². The van der Waals surface area contributed by atoms with Crippen LogP contribution in [0.15, 0.2) is 0 Å². The van der Waals surface area contributed by atoms with Crippen LogP contribution in [0.25, 0.3) is 0 Å². The van der Waals surface area contributed by atoms with Crippen LogP contribution in [0.4, 0.5) is 13.2 Å². The predicted octanol–water partition coefficient (Wildman–Crippen LogP) is 4.30. The Labute approximate surface area is 108 Å². The van der Waals surface area contributed by atoms with E-state index in [1.807, 2.05) is 27.7 Å². The minimum Gasteiger partial charge on any atom is -0.355 e. The van der Waals surface area contributed by atoms with Gasteiger partial charge in [-0.2, -0.15) is 13.2 Å². The first kappa shape index (κ1) is 19.6. The SMILES string of the molecule is CC.CC.CCCNC(=O)C1(C(F)(F)F)CCC1. The van der Waals surface area contributed by atoms with E-state index in [9.17, 15) is 18.0 Å². The van der Waals surface area contributed by atoms with Gasteiger partial charge in [0.25, 0.3) is 0 Å². The van der Waals surface area contributed by atoms with Crippen LogP contribution in [0, 0.1) is 5.41 Å². The number of carbonyl (C=O) groups is 1. The van der Waals surface area contributed by atoms with Crippen molar-refractivity contribution in [2.75, 3.05) is 6.54 Å². The lowest BCUT2D eigenvalue weighted by molar-refractivity contribution is -0.243. The van der Waals surface area contributed by atoms with E-state index in [0.29, 0.717) is 19.4 Å². The van der Waals surface area contributed by atoms with E-state index in [1.165, 1.54) is 0 Å². The first-order valence-corrected chi connectivity index (χ1v) is 6.79. The molecule has 5 heteroatoms. The van der Waals surface area contributed by atoms with Crippen molar-refractivity contribution in [3.63, 3.8) is 0 Å². The van der Waals surface area contributed by atoms with Crippen LogP contribution >= 0.6 is 0 Å².